The second-order valence-corrected chi connectivity index (χ2v) is 8.22. The van der Waals surface area contributed by atoms with E-state index in [4.69, 9.17) is 11.6 Å². The van der Waals surface area contributed by atoms with Gasteiger partial charge in [-0.3, -0.25) is 0 Å². The first-order chi connectivity index (χ1) is 10.9. The third-order valence-corrected chi connectivity index (χ3v) is 5.24. The van der Waals surface area contributed by atoms with Crippen LogP contribution in [-0.4, -0.2) is 8.42 Å². The standard InChI is InChI=1S/C18H22ClNO2S/c1-14(2)12-18(15-8-4-3-5-9-15)20-23(21,22)13-16-10-6-7-11-17(16)19/h3-11,14,18,20H,12-13H2,1-2H3/t18-/m0/s1. The molecule has 0 unspecified atom stereocenters. The van der Waals surface area contributed by atoms with E-state index in [0.717, 1.165) is 12.0 Å². The number of hydrogen-bond acceptors (Lipinski definition) is 2. The van der Waals surface area contributed by atoms with Gasteiger partial charge in [0.2, 0.25) is 10.0 Å². The molecule has 0 bridgehead atoms. The summed E-state index contributed by atoms with van der Waals surface area (Å²) in [5.74, 6) is 0.261. The second-order valence-electron chi connectivity index (χ2n) is 6.06. The van der Waals surface area contributed by atoms with E-state index in [9.17, 15) is 8.42 Å². The Labute approximate surface area is 143 Å². The Bertz CT molecular complexity index is 730. The van der Waals surface area contributed by atoms with E-state index in [1.807, 2.05) is 30.3 Å². The molecular formula is C18H22ClNO2S. The Morgan fingerprint density at radius 2 is 1.61 bits per heavy atom. The molecule has 2 rings (SSSR count). The van der Waals surface area contributed by atoms with Gasteiger partial charge in [-0.1, -0.05) is 74.0 Å². The predicted molar refractivity (Wildman–Crippen MR) is 95.8 cm³/mol. The fraction of sp³-hybridized carbons (Fsp3) is 0.333. The van der Waals surface area contributed by atoms with Crippen molar-refractivity contribution in [2.75, 3.05) is 0 Å². The zero-order valence-electron chi connectivity index (χ0n) is 13.4. The molecular weight excluding hydrogens is 330 g/mol. The Balaban J connectivity index is 2.19. The number of hydrogen-bond donors (Lipinski definition) is 1. The van der Waals surface area contributed by atoms with Gasteiger partial charge in [0.05, 0.1) is 5.75 Å². The topological polar surface area (TPSA) is 46.2 Å². The van der Waals surface area contributed by atoms with E-state index in [2.05, 4.69) is 18.6 Å². The smallest absolute Gasteiger partial charge is 0.212 e. The van der Waals surface area contributed by atoms with Crippen LogP contribution in [0, 0.1) is 5.92 Å². The molecule has 1 atom stereocenters. The minimum atomic E-state index is -3.48. The minimum absolute atomic E-state index is 0.117. The lowest BCUT2D eigenvalue weighted by atomic mass is 9.98. The molecule has 5 heteroatoms. The molecule has 0 heterocycles. The predicted octanol–water partition coefficient (Wildman–Crippen LogP) is 4.55. The van der Waals surface area contributed by atoms with Crippen molar-refractivity contribution >= 4 is 21.6 Å². The normalized spacial score (nSPS) is 13.2. The van der Waals surface area contributed by atoms with E-state index >= 15 is 0 Å². The van der Waals surface area contributed by atoms with E-state index < -0.39 is 10.0 Å². The van der Waals surface area contributed by atoms with Crippen LogP contribution in [0.3, 0.4) is 0 Å². The lowest BCUT2D eigenvalue weighted by Gasteiger charge is -2.21. The largest absolute Gasteiger partial charge is 0.216 e. The Morgan fingerprint density at radius 1 is 1.00 bits per heavy atom. The first-order valence-electron chi connectivity index (χ1n) is 7.66. The maximum Gasteiger partial charge on any atom is 0.216 e. The maximum atomic E-state index is 12.5. The summed E-state index contributed by atoms with van der Waals surface area (Å²) in [7, 11) is -3.48. The zero-order chi connectivity index (χ0) is 16.9. The van der Waals surface area contributed by atoms with Crippen LogP contribution in [0.25, 0.3) is 0 Å². The number of sulfonamides is 1. The van der Waals surface area contributed by atoms with Gasteiger partial charge in [-0.2, -0.15) is 0 Å². The lowest BCUT2D eigenvalue weighted by Crippen LogP contribution is -2.30. The van der Waals surface area contributed by atoms with Crippen LogP contribution in [0.2, 0.25) is 5.02 Å². The summed E-state index contributed by atoms with van der Waals surface area (Å²) in [6.07, 6.45) is 0.742. The van der Waals surface area contributed by atoms with Crippen LogP contribution in [0.15, 0.2) is 54.6 Å². The summed E-state index contributed by atoms with van der Waals surface area (Å²) in [4.78, 5) is 0. The first-order valence-corrected chi connectivity index (χ1v) is 9.69. The van der Waals surface area contributed by atoms with E-state index in [-0.39, 0.29) is 11.8 Å². The molecule has 0 spiro atoms. The van der Waals surface area contributed by atoms with Gasteiger partial charge in [0.15, 0.2) is 0 Å². The molecule has 124 valence electrons. The monoisotopic (exact) mass is 351 g/mol. The van der Waals surface area contributed by atoms with E-state index in [1.54, 1.807) is 24.3 Å². The first kappa shape index (κ1) is 18.0. The van der Waals surface area contributed by atoms with E-state index in [1.165, 1.54) is 0 Å². The molecule has 0 aliphatic heterocycles. The molecule has 3 nitrogen and oxygen atoms in total. The molecule has 0 saturated heterocycles. The third-order valence-electron chi connectivity index (χ3n) is 3.53. The highest BCUT2D eigenvalue weighted by atomic mass is 35.5. The SMILES string of the molecule is CC(C)C[C@H](NS(=O)(=O)Cc1ccccc1Cl)c1ccccc1. The number of rotatable bonds is 7. The lowest BCUT2D eigenvalue weighted by molar-refractivity contribution is 0.472. The van der Waals surface area contributed by atoms with Crippen molar-refractivity contribution in [1.82, 2.24) is 4.72 Å². The van der Waals surface area contributed by atoms with Crippen LogP contribution < -0.4 is 4.72 Å². The summed E-state index contributed by atoms with van der Waals surface area (Å²) in [6.45, 7) is 4.16. The second kappa shape index (κ2) is 7.95. The number of nitrogens with one attached hydrogen (secondary N) is 1. The molecule has 1 N–H and O–H groups in total. The van der Waals surface area contributed by atoms with Gasteiger partial charge in [-0.15, -0.1) is 0 Å². The molecule has 0 aliphatic carbocycles. The summed E-state index contributed by atoms with van der Waals surface area (Å²) >= 11 is 6.08. The van der Waals surface area contributed by atoms with Gasteiger partial charge in [-0.05, 0) is 29.5 Å². The molecule has 0 amide bonds. The van der Waals surface area contributed by atoms with Crippen LogP contribution in [0.4, 0.5) is 0 Å². The molecule has 2 aromatic rings. The Hall–Kier alpha value is -1.36. The third kappa shape index (κ3) is 5.65. The quantitative estimate of drug-likeness (QED) is 0.795. The molecule has 0 aromatic heterocycles. The Morgan fingerprint density at radius 3 is 2.22 bits per heavy atom. The van der Waals surface area contributed by atoms with Gasteiger partial charge in [0, 0.05) is 11.1 Å². The number of benzene rings is 2. The van der Waals surface area contributed by atoms with Crippen molar-refractivity contribution in [1.29, 1.82) is 0 Å². The molecule has 0 fully saturated rings. The van der Waals surface area contributed by atoms with Crippen molar-refractivity contribution in [2.24, 2.45) is 5.92 Å². The molecule has 0 radical (unpaired) electrons. The summed E-state index contributed by atoms with van der Waals surface area (Å²) in [6, 6.07) is 16.5. The fourth-order valence-corrected chi connectivity index (χ4v) is 4.18. The van der Waals surface area contributed by atoms with Crippen molar-refractivity contribution in [3.05, 3.63) is 70.7 Å². The fourth-order valence-electron chi connectivity index (χ4n) is 2.49. The van der Waals surface area contributed by atoms with Crippen LogP contribution in [0.1, 0.15) is 37.4 Å². The molecule has 2 aromatic carbocycles. The van der Waals surface area contributed by atoms with Gasteiger partial charge < -0.3 is 0 Å². The maximum absolute atomic E-state index is 12.5. The highest BCUT2D eigenvalue weighted by Gasteiger charge is 2.21. The number of halogens is 1. The van der Waals surface area contributed by atoms with Gasteiger partial charge in [0.1, 0.15) is 0 Å². The van der Waals surface area contributed by atoms with Crippen molar-refractivity contribution in [3.8, 4) is 0 Å². The van der Waals surface area contributed by atoms with Gasteiger partial charge >= 0.3 is 0 Å². The molecule has 0 saturated carbocycles. The molecule has 23 heavy (non-hydrogen) atoms. The average molecular weight is 352 g/mol. The van der Waals surface area contributed by atoms with E-state index in [0.29, 0.717) is 16.5 Å². The van der Waals surface area contributed by atoms with Crippen LogP contribution >= 0.6 is 11.6 Å². The highest BCUT2D eigenvalue weighted by molar-refractivity contribution is 7.88. The summed E-state index contributed by atoms with van der Waals surface area (Å²) < 4.78 is 27.9. The minimum Gasteiger partial charge on any atom is -0.212 e. The highest BCUT2D eigenvalue weighted by Crippen LogP contribution is 2.24. The average Bonchev–Trinajstić information content (AvgIpc) is 2.49. The molecule has 0 aliphatic rings. The zero-order valence-corrected chi connectivity index (χ0v) is 14.9. The van der Waals surface area contributed by atoms with Gasteiger partial charge in [-0.25, -0.2) is 13.1 Å². The van der Waals surface area contributed by atoms with Crippen molar-refractivity contribution in [3.63, 3.8) is 0 Å². The summed E-state index contributed by atoms with van der Waals surface area (Å²) in [5.41, 5.74) is 1.59. The van der Waals surface area contributed by atoms with Crippen molar-refractivity contribution < 1.29 is 8.42 Å². The van der Waals surface area contributed by atoms with Gasteiger partial charge in [0.25, 0.3) is 0 Å². The van der Waals surface area contributed by atoms with Crippen LogP contribution in [-0.2, 0) is 15.8 Å². The summed E-state index contributed by atoms with van der Waals surface area (Å²) in [5, 5.41) is 0.470. The van der Waals surface area contributed by atoms with Crippen molar-refractivity contribution in [2.45, 2.75) is 32.1 Å². The Kier molecular flexibility index (Phi) is 6.22. The van der Waals surface area contributed by atoms with Crippen LogP contribution in [0.5, 0.6) is 0 Å².